The van der Waals surface area contributed by atoms with Gasteiger partial charge in [0.05, 0.1) is 0 Å². The van der Waals surface area contributed by atoms with Crippen LogP contribution in [0.15, 0.2) is 0 Å². The first-order chi connectivity index (χ1) is 8.32. The number of aliphatic carboxylic acids is 1. The zero-order valence-electron chi connectivity index (χ0n) is 10.9. The van der Waals surface area contributed by atoms with E-state index in [-0.39, 0.29) is 18.8 Å². The van der Waals surface area contributed by atoms with Gasteiger partial charge in [0.15, 0.2) is 0 Å². The van der Waals surface area contributed by atoms with Gasteiger partial charge in [-0.2, -0.15) is 0 Å². The Kier molecular flexibility index (Phi) is 5.15. The summed E-state index contributed by atoms with van der Waals surface area (Å²) < 4.78 is 0. The molecule has 1 aliphatic rings. The number of nitrogens with zero attached hydrogens (tertiary/aromatic N) is 1. The van der Waals surface area contributed by atoms with Crippen LogP contribution < -0.4 is 0 Å². The molecule has 1 heterocycles. The second-order valence-corrected chi connectivity index (χ2v) is 5.44. The van der Waals surface area contributed by atoms with Crippen molar-refractivity contribution in [2.75, 3.05) is 20.2 Å². The SMILES string of the molecule is CN1C[C@H](CO)[C@@](C)(CCCB(O)O)[C@H]1C(=O)O. The molecule has 0 aromatic heterocycles. The van der Waals surface area contributed by atoms with E-state index in [1.54, 1.807) is 11.9 Å². The lowest BCUT2D eigenvalue weighted by Gasteiger charge is -2.34. The summed E-state index contributed by atoms with van der Waals surface area (Å²) >= 11 is 0. The molecule has 0 bridgehead atoms. The number of rotatable bonds is 6. The second-order valence-electron chi connectivity index (χ2n) is 5.44. The van der Waals surface area contributed by atoms with E-state index in [9.17, 15) is 15.0 Å². The average Bonchev–Trinajstić information content (AvgIpc) is 2.49. The molecular weight excluding hydrogens is 237 g/mol. The molecule has 6 nitrogen and oxygen atoms in total. The summed E-state index contributed by atoms with van der Waals surface area (Å²) in [6.07, 6.45) is 1.31. The van der Waals surface area contributed by atoms with E-state index in [2.05, 4.69) is 0 Å². The monoisotopic (exact) mass is 259 g/mol. The number of hydrogen-bond acceptors (Lipinski definition) is 5. The Morgan fingerprint density at radius 1 is 1.50 bits per heavy atom. The molecule has 3 atom stereocenters. The Morgan fingerprint density at radius 2 is 2.11 bits per heavy atom. The van der Waals surface area contributed by atoms with Crippen molar-refractivity contribution >= 4 is 13.1 Å². The van der Waals surface area contributed by atoms with Gasteiger partial charge < -0.3 is 20.3 Å². The molecule has 0 amide bonds. The van der Waals surface area contributed by atoms with Crippen molar-refractivity contribution in [3.8, 4) is 0 Å². The van der Waals surface area contributed by atoms with E-state index in [1.165, 1.54) is 0 Å². The van der Waals surface area contributed by atoms with Crippen molar-refractivity contribution in [1.82, 2.24) is 4.90 Å². The van der Waals surface area contributed by atoms with E-state index in [0.29, 0.717) is 19.4 Å². The molecule has 0 spiro atoms. The van der Waals surface area contributed by atoms with Crippen LogP contribution in [0.5, 0.6) is 0 Å². The Balaban J connectivity index is 2.79. The van der Waals surface area contributed by atoms with Crippen LogP contribution in [-0.4, -0.2) is 64.5 Å². The lowest BCUT2D eigenvalue weighted by Crippen LogP contribution is -2.44. The van der Waals surface area contributed by atoms with Crippen LogP contribution in [0.2, 0.25) is 6.32 Å². The minimum atomic E-state index is -1.36. The maximum atomic E-state index is 11.4. The molecule has 18 heavy (non-hydrogen) atoms. The molecule has 1 rings (SSSR count). The zero-order valence-corrected chi connectivity index (χ0v) is 10.9. The van der Waals surface area contributed by atoms with Gasteiger partial charge in [0.25, 0.3) is 0 Å². The summed E-state index contributed by atoms with van der Waals surface area (Å²) in [7, 11) is 0.386. The number of carboxylic acids is 1. The van der Waals surface area contributed by atoms with Crippen molar-refractivity contribution in [3.63, 3.8) is 0 Å². The van der Waals surface area contributed by atoms with Crippen molar-refractivity contribution < 1.29 is 25.1 Å². The molecule has 0 saturated carbocycles. The first-order valence-corrected chi connectivity index (χ1v) is 6.23. The summed E-state index contributed by atoms with van der Waals surface area (Å²) in [5.41, 5.74) is -0.537. The quantitative estimate of drug-likeness (QED) is 0.468. The van der Waals surface area contributed by atoms with Crippen molar-refractivity contribution in [3.05, 3.63) is 0 Å². The standard InChI is InChI=1S/C11H22BNO5/c1-11(4-3-5-12(17)18)8(7-14)6-13(2)9(11)10(15)16/h8-9,14,17-18H,3-7H2,1-2H3,(H,15,16)/t8-,9-,11-/m1/s1. The minimum Gasteiger partial charge on any atom is -0.480 e. The smallest absolute Gasteiger partial charge is 0.451 e. The van der Waals surface area contributed by atoms with Gasteiger partial charge in [-0.15, -0.1) is 0 Å². The van der Waals surface area contributed by atoms with Crippen LogP contribution in [0.1, 0.15) is 19.8 Å². The number of carboxylic acid groups (broad SMARTS) is 1. The number of carbonyl (C=O) groups is 1. The minimum absolute atomic E-state index is 0.0493. The fourth-order valence-corrected chi connectivity index (χ4v) is 3.13. The Bertz CT molecular complexity index is 301. The van der Waals surface area contributed by atoms with Gasteiger partial charge in [-0.05, 0) is 19.8 Å². The molecule has 1 aliphatic heterocycles. The molecule has 0 unspecified atom stereocenters. The van der Waals surface area contributed by atoms with E-state index in [4.69, 9.17) is 10.0 Å². The number of likely N-dealkylation sites (N-methyl/N-ethyl adjacent to an activating group) is 1. The highest BCUT2D eigenvalue weighted by Gasteiger charge is 2.52. The van der Waals surface area contributed by atoms with Crippen molar-refractivity contribution in [1.29, 1.82) is 0 Å². The lowest BCUT2D eigenvalue weighted by atomic mass is 9.69. The third kappa shape index (κ3) is 3.03. The van der Waals surface area contributed by atoms with Crippen LogP contribution in [-0.2, 0) is 4.79 Å². The fourth-order valence-electron chi connectivity index (χ4n) is 3.13. The largest absolute Gasteiger partial charge is 0.480 e. The van der Waals surface area contributed by atoms with E-state index < -0.39 is 24.5 Å². The number of aliphatic hydroxyl groups is 1. The van der Waals surface area contributed by atoms with E-state index in [1.807, 2.05) is 6.92 Å². The molecule has 4 N–H and O–H groups in total. The number of hydrogen-bond donors (Lipinski definition) is 4. The maximum absolute atomic E-state index is 11.4. The van der Waals surface area contributed by atoms with Gasteiger partial charge in [0, 0.05) is 24.5 Å². The maximum Gasteiger partial charge on any atom is 0.451 e. The van der Waals surface area contributed by atoms with Gasteiger partial charge in [-0.3, -0.25) is 9.69 Å². The highest BCUT2D eigenvalue weighted by atomic mass is 16.4. The summed E-state index contributed by atoms with van der Waals surface area (Å²) in [6.45, 7) is 2.36. The van der Waals surface area contributed by atoms with Gasteiger partial charge in [-0.25, -0.2) is 0 Å². The van der Waals surface area contributed by atoms with Crippen LogP contribution in [0, 0.1) is 11.3 Å². The molecule has 1 fully saturated rings. The Labute approximate surface area is 107 Å². The molecular formula is C11H22BNO5. The van der Waals surface area contributed by atoms with Gasteiger partial charge >= 0.3 is 13.1 Å². The Hall–Kier alpha value is -0.625. The average molecular weight is 259 g/mol. The summed E-state index contributed by atoms with van der Waals surface area (Å²) in [5.74, 6) is -0.986. The summed E-state index contributed by atoms with van der Waals surface area (Å²) in [6, 6.07) is -0.634. The predicted octanol–water partition coefficient (Wildman–Crippen LogP) is -0.747. The normalized spacial score (nSPS) is 32.7. The van der Waals surface area contributed by atoms with E-state index in [0.717, 1.165) is 0 Å². The van der Waals surface area contributed by atoms with Crippen LogP contribution in [0.25, 0.3) is 0 Å². The first-order valence-electron chi connectivity index (χ1n) is 6.23. The molecule has 0 aliphatic carbocycles. The number of aliphatic hydroxyl groups excluding tert-OH is 1. The van der Waals surface area contributed by atoms with Crippen molar-refractivity contribution in [2.45, 2.75) is 32.1 Å². The topological polar surface area (TPSA) is 101 Å². The highest BCUT2D eigenvalue weighted by molar-refractivity contribution is 6.40. The fraction of sp³-hybridized carbons (Fsp3) is 0.909. The van der Waals surface area contributed by atoms with Gasteiger partial charge in [0.2, 0.25) is 0 Å². The molecule has 7 heteroatoms. The molecule has 1 saturated heterocycles. The van der Waals surface area contributed by atoms with Gasteiger partial charge in [-0.1, -0.05) is 13.3 Å². The van der Waals surface area contributed by atoms with Crippen LogP contribution in [0.3, 0.4) is 0 Å². The molecule has 0 aromatic carbocycles. The third-order valence-corrected chi connectivity index (χ3v) is 4.14. The Morgan fingerprint density at radius 3 is 2.56 bits per heavy atom. The van der Waals surface area contributed by atoms with Crippen LogP contribution in [0.4, 0.5) is 0 Å². The first kappa shape index (κ1) is 15.4. The lowest BCUT2D eigenvalue weighted by molar-refractivity contribution is -0.145. The molecule has 104 valence electrons. The van der Waals surface area contributed by atoms with E-state index >= 15 is 0 Å². The zero-order chi connectivity index (χ0) is 13.9. The molecule has 0 aromatic rings. The van der Waals surface area contributed by atoms with Crippen molar-refractivity contribution in [2.24, 2.45) is 11.3 Å². The predicted molar refractivity (Wildman–Crippen MR) is 67.0 cm³/mol. The van der Waals surface area contributed by atoms with Crippen LogP contribution >= 0.6 is 0 Å². The molecule has 0 radical (unpaired) electrons. The highest BCUT2D eigenvalue weighted by Crippen LogP contribution is 2.44. The third-order valence-electron chi connectivity index (χ3n) is 4.14. The summed E-state index contributed by atoms with van der Waals surface area (Å²) in [4.78, 5) is 13.1. The summed E-state index contributed by atoms with van der Waals surface area (Å²) in [5, 5.41) is 36.4. The second kappa shape index (κ2) is 6.01. The van der Waals surface area contributed by atoms with Gasteiger partial charge in [0.1, 0.15) is 6.04 Å². The number of likely N-dealkylation sites (tertiary alicyclic amines) is 1.